The Balaban J connectivity index is 0.000000248. The minimum Gasteiger partial charge on any atom is -0.494 e. The first-order valence-corrected chi connectivity index (χ1v) is 11.4. The molecule has 0 fully saturated rings. The average molecular weight is 448 g/mol. The van der Waals surface area contributed by atoms with Crippen molar-refractivity contribution in [3.05, 3.63) is 64.9 Å². The molecule has 30 heavy (non-hydrogen) atoms. The summed E-state index contributed by atoms with van der Waals surface area (Å²) in [5, 5.41) is 5.43. The van der Waals surface area contributed by atoms with Gasteiger partial charge >= 0.3 is 0 Å². The second kappa shape index (κ2) is 12.3. The molecule has 0 radical (unpaired) electrons. The van der Waals surface area contributed by atoms with Crippen LogP contribution in [0.5, 0.6) is 5.75 Å². The van der Waals surface area contributed by atoms with Crippen LogP contribution in [0.25, 0.3) is 10.6 Å². The fraction of sp³-hybridized carbons (Fsp3) is 0.273. The number of nitrogens with one attached hydrogen (secondary N) is 1. The first kappa shape index (κ1) is 23.9. The fourth-order valence-electron chi connectivity index (χ4n) is 2.47. The van der Waals surface area contributed by atoms with E-state index in [1.807, 2.05) is 19.1 Å². The zero-order valence-electron chi connectivity index (χ0n) is 17.5. The number of thiazole rings is 1. The van der Waals surface area contributed by atoms with Gasteiger partial charge in [-0.25, -0.2) is 13.7 Å². The lowest BCUT2D eigenvalue weighted by Crippen LogP contribution is -2.07. The summed E-state index contributed by atoms with van der Waals surface area (Å²) >= 11 is 3.40. The number of halogens is 1. The molecular weight excluding hydrogens is 421 g/mol. The number of aromatic nitrogens is 1. The Bertz CT molecular complexity index is 932. The number of hydrogen-bond donors (Lipinski definition) is 1. The monoisotopic (exact) mass is 447 g/mol. The molecule has 3 rings (SSSR count). The summed E-state index contributed by atoms with van der Waals surface area (Å²) in [4.78, 5) is 14.6. The molecule has 1 amide bonds. The predicted octanol–water partition coefficient (Wildman–Crippen LogP) is 5.62. The summed E-state index contributed by atoms with van der Waals surface area (Å²) in [5.74, 6) is 0.502. The smallest absolute Gasteiger partial charge is 0.211 e. The normalized spacial score (nSPS) is 10.3. The van der Waals surface area contributed by atoms with Crippen molar-refractivity contribution in [2.75, 3.05) is 25.2 Å². The number of aryl methyl sites for hydroxylation is 1. The number of amides is 1. The molecular formula is C22H26FN3O2S2. The number of rotatable bonds is 8. The molecule has 0 aliphatic carbocycles. The third-order valence-corrected chi connectivity index (χ3v) is 5.69. The molecule has 0 bridgehead atoms. The van der Waals surface area contributed by atoms with Gasteiger partial charge in [0.25, 0.3) is 0 Å². The minimum atomic E-state index is -0.405. The highest BCUT2D eigenvalue weighted by atomic mass is 32.2. The van der Waals surface area contributed by atoms with Crippen molar-refractivity contribution < 1.29 is 13.9 Å². The lowest BCUT2D eigenvalue weighted by atomic mass is 10.2. The van der Waals surface area contributed by atoms with Crippen LogP contribution in [-0.4, -0.2) is 35.6 Å². The largest absolute Gasteiger partial charge is 0.494 e. The molecule has 0 spiro atoms. The van der Waals surface area contributed by atoms with E-state index in [2.05, 4.69) is 45.4 Å². The molecule has 0 saturated heterocycles. The van der Waals surface area contributed by atoms with Crippen molar-refractivity contribution >= 4 is 35.4 Å². The molecule has 0 saturated carbocycles. The van der Waals surface area contributed by atoms with Crippen LogP contribution in [0.15, 0.2) is 47.8 Å². The van der Waals surface area contributed by atoms with E-state index in [1.54, 1.807) is 36.3 Å². The quantitative estimate of drug-likeness (QED) is 0.359. The molecule has 0 atom stereocenters. The highest BCUT2D eigenvalue weighted by Crippen LogP contribution is 2.26. The Morgan fingerprint density at radius 3 is 2.60 bits per heavy atom. The van der Waals surface area contributed by atoms with Gasteiger partial charge in [0.2, 0.25) is 6.41 Å². The lowest BCUT2D eigenvalue weighted by molar-refractivity contribution is -0.105. The third-order valence-electron chi connectivity index (χ3n) is 4.00. The standard InChI is InChI=1S/C14H18N2OS2.C8H8FNO/c1-4-17-13-7-5-11(6-8-13)14-15-12(10-19-14)9-16(2)18-3;1-6-2-3-8(10-5-11)7(9)4-6/h5-8,10H,4,9H2,1-3H3;2-5H,1H3,(H,10,11). The van der Waals surface area contributed by atoms with Crippen LogP contribution >= 0.6 is 23.3 Å². The summed E-state index contributed by atoms with van der Waals surface area (Å²) in [6.45, 7) is 5.34. The number of carbonyl (C=O) groups excluding carboxylic acids is 1. The van der Waals surface area contributed by atoms with Gasteiger partial charge in [-0.3, -0.25) is 4.79 Å². The molecule has 1 aromatic heterocycles. The van der Waals surface area contributed by atoms with Gasteiger partial charge in [-0.15, -0.1) is 11.3 Å². The van der Waals surface area contributed by atoms with Crippen molar-refractivity contribution in [1.82, 2.24) is 9.29 Å². The molecule has 0 aliphatic rings. The van der Waals surface area contributed by atoms with Crippen molar-refractivity contribution in [3.63, 3.8) is 0 Å². The molecule has 1 heterocycles. The minimum absolute atomic E-state index is 0.214. The van der Waals surface area contributed by atoms with Crippen molar-refractivity contribution in [2.24, 2.45) is 0 Å². The van der Waals surface area contributed by atoms with E-state index in [1.165, 1.54) is 12.1 Å². The number of hydrogen-bond acceptors (Lipinski definition) is 6. The summed E-state index contributed by atoms with van der Waals surface area (Å²) in [7, 11) is 2.07. The summed E-state index contributed by atoms with van der Waals surface area (Å²) in [6, 6.07) is 12.7. The second-order valence-corrected chi connectivity index (χ2v) is 8.16. The van der Waals surface area contributed by atoms with E-state index in [-0.39, 0.29) is 5.69 Å². The van der Waals surface area contributed by atoms with Crippen LogP contribution < -0.4 is 10.1 Å². The van der Waals surface area contributed by atoms with Crippen LogP contribution in [0.2, 0.25) is 0 Å². The molecule has 5 nitrogen and oxygen atoms in total. The summed E-state index contributed by atoms with van der Waals surface area (Å²) in [5.41, 5.74) is 3.31. The maximum absolute atomic E-state index is 12.8. The van der Waals surface area contributed by atoms with Gasteiger partial charge in [-0.1, -0.05) is 18.0 Å². The van der Waals surface area contributed by atoms with Crippen molar-refractivity contribution in [2.45, 2.75) is 20.4 Å². The Kier molecular flexibility index (Phi) is 9.79. The number of carbonyl (C=O) groups is 1. The van der Waals surface area contributed by atoms with Crippen LogP contribution in [0, 0.1) is 12.7 Å². The van der Waals surface area contributed by atoms with E-state index in [9.17, 15) is 9.18 Å². The predicted molar refractivity (Wildman–Crippen MR) is 125 cm³/mol. The number of anilines is 1. The molecule has 2 aromatic carbocycles. The van der Waals surface area contributed by atoms with Gasteiger partial charge in [-0.05, 0) is 69.1 Å². The maximum atomic E-state index is 12.8. The zero-order valence-corrected chi connectivity index (χ0v) is 19.1. The van der Waals surface area contributed by atoms with Gasteiger partial charge in [-0.2, -0.15) is 0 Å². The van der Waals surface area contributed by atoms with E-state index in [4.69, 9.17) is 4.74 Å². The van der Waals surface area contributed by atoms with Crippen LogP contribution in [0.3, 0.4) is 0 Å². The van der Waals surface area contributed by atoms with E-state index < -0.39 is 5.82 Å². The first-order chi connectivity index (χ1) is 14.5. The Hall–Kier alpha value is -2.42. The van der Waals surface area contributed by atoms with Gasteiger partial charge in [0.15, 0.2) is 0 Å². The zero-order chi connectivity index (χ0) is 21.9. The topological polar surface area (TPSA) is 54.5 Å². The summed E-state index contributed by atoms with van der Waals surface area (Å²) in [6.07, 6.45) is 2.52. The first-order valence-electron chi connectivity index (χ1n) is 9.36. The van der Waals surface area contributed by atoms with Gasteiger partial charge in [0.1, 0.15) is 16.6 Å². The molecule has 1 N–H and O–H groups in total. The highest BCUT2D eigenvalue weighted by Gasteiger charge is 2.07. The van der Waals surface area contributed by atoms with Crippen LogP contribution in [0.1, 0.15) is 18.2 Å². The summed E-state index contributed by atoms with van der Waals surface area (Å²) < 4.78 is 20.4. The fourth-order valence-corrected chi connectivity index (χ4v) is 3.54. The second-order valence-electron chi connectivity index (χ2n) is 6.32. The maximum Gasteiger partial charge on any atom is 0.211 e. The van der Waals surface area contributed by atoms with Crippen molar-refractivity contribution in [1.29, 1.82) is 0 Å². The number of ether oxygens (including phenoxy) is 1. The van der Waals surface area contributed by atoms with E-state index >= 15 is 0 Å². The van der Waals surface area contributed by atoms with Crippen LogP contribution in [-0.2, 0) is 11.3 Å². The van der Waals surface area contributed by atoms with E-state index in [0.29, 0.717) is 13.0 Å². The Morgan fingerprint density at radius 1 is 1.27 bits per heavy atom. The Morgan fingerprint density at radius 2 is 2.00 bits per heavy atom. The van der Waals surface area contributed by atoms with Gasteiger partial charge in [0.05, 0.1) is 24.5 Å². The average Bonchev–Trinajstić information content (AvgIpc) is 3.20. The molecule has 0 unspecified atom stereocenters. The molecule has 8 heteroatoms. The number of nitrogens with zero attached hydrogens (tertiary/aromatic N) is 2. The van der Waals surface area contributed by atoms with Gasteiger partial charge < -0.3 is 10.1 Å². The van der Waals surface area contributed by atoms with Crippen LogP contribution in [0.4, 0.5) is 10.1 Å². The van der Waals surface area contributed by atoms with Gasteiger partial charge in [0, 0.05) is 10.9 Å². The van der Waals surface area contributed by atoms with E-state index in [0.717, 1.165) is 34.1 Å². The lowest BCUT2D eigenvalue weighted by Gasteiger charge is -2.09. The SMILES string of the molecule is CCOc1ccc(-c2nc(CN(C)SC)cs2)cc1.Cc1ccc(NC=O)c(F)c1. The Labute approximate surface area is 185 Å². The molecule has 0 aliphatic heterocycles. The molecule has 160 valence electrons. The van der Waals surface area contributed by atoms with Crippen molar-refractivity contribution in [3.8, 4) is 16.3 Å². The molecule has 3 aromatic rings. The number of benzene rings is 2. The third kappa shape index (κ3) is 7.44. The highest BCUT2D eigenvalue weighted by molar-refractivity contribution is 7.96.